The Morgan fingerprint density at radius 1 is 1.42 bits per heavy atom. The molecule has 0 radical (unpaired) electrons. The summed E-state index contributed by atoms with van der Waals surface area (Å²) in [5.41, 5.74) is 3.21. The van der Waals surface area contributed by atoms with Gasteiger partial charge in [-0.2, -0.15) is 5.10 Å². The molecule has 0 amide bonds. The zero-order valence-corrected chi connectivity index (χ0v) is 13.3. The maximum atomic E-state index is 12.4. The van der Waals surface area contributed by atoms with Gasteiger partial charge in [-0.15, -0.1) is 0 Å². The molecule has 5 heteroatoms. The van der Waals surface area contributed by atoms with E-state index in [1.54, 1.807) is 11.7 Å². The van der Waals surface area contributed by atoms with Crippen LogP contribution in [0.4, 0.5) is 0 Å². The second kappa shape index (κ2) is 5.47. The van der Waals surface area contributed by atoms with Crippen molar-refractivity contribution in [2.45, 2.75) is 20.3 Å². The van der Waals surface area contributed by atoms with Crippen LogP contribution < -0.4 is 0 Å². The van der Waals surface area contributed by atoms with Gasteiger partial charge in [0.25, 0.3) is 0 Å². The van der Waals surface area contributed by atoms with Gasteiger partial charge in [-0.3, -0.25) is 9.48 Å². The van der Waals surface area contributed by atoms with Gasteiger partial charge in [-0.05, 0) is 35.3 Å². The third kappa shape index (κ3) is 2.74. The van der Waals surface area contributed by atoms with Crippen molar-refractivity contribution in [3.8, 4) is 0 Å². The number of carbonyl (C=O) groups is 1. The van der Waals surface area contributed by atoms with Crippen molar-refractivity contribution < 1.29 is 4.79 Å². The van der Waals surface area contributed by atoms with Crippen LogP contribution in [0.25, 0.3) is 0 Å². The van der Waals surface area contributed by atoms with Crippen molar-refractivity contribution >= 4 is 33.3 Å². The molecule has 0 unspecified atom stereocenters. The van der Waals surface area contributed by atoms with Gasteiger partial charge in [0.2, 0.25) is 0 Å². The minimum absolute atomic E-state index is 0.0282. The Morgan fingerprint density at radius 3 is 2.68 bits per heavy atom. The Bertz CT molecular complexity index is 649. The minimum Gasteiger partial charge on any atom is -0.294 e. The number of ketones is 1. The Morgan fingerprint density at radius 2 is 2.11 bits per heavy atom. The lowest BCUT2D eigenvalue weighted by atomic mass is 10.0. The van der Waals surface area contributed by atoms with Crippen LogP contribution in [0, 0.1) is 13.8 Å². The van der Waals surface area contributed by atoms with E-state index in [0.717, 1.165) is 21.4 Å². The summed E-state index contributed by atoms with van der Waals surface area (Å²) in [5.74, 6) is 0.0282. The summed E-state index contributed by atoms with van der Waals surface area (Å²) in [6, 6.07) is 5.65. The van der Waals surface area contributed by atoms with Crippen molar-refractivity contribution in [3.05, 3.63) is 50.2 Å². The maximum Gasteiger partial charge on any atom is 0.169 e. The highest BCUT2D eigenvalue weighted by atomic mass is 79.9. The Hall–Kier alpha value is -1.13. The summed E-state index contributed by atoms with van der Waals surface area (Å²) in [5, 5.41) is 4.79. The lowest BCUT2D eigenvalue weighted by Gasteiger charge is -2.07. The van der Waals surface area contributed by atoms with E-state index in [0.29, 0.717) is 10.6 Å². The number of nitrogens with zero attached hydrogens (tertiary/aromatic N) is 2. The summed E-state index contributed by atoms with van der Waals surface area (Å²) in [4.78, 5) is 12.4. The number of carbonyl (C=O) groups excluding carboxylic acids is 1. The van der Waals surface area contributed by atoms with Crippen LogP contribution in [0.3, 0.4) is 0 Å². The number of hydrogen-bond donors (Lipinski definition) is 0. The number of aromatic nitrogens is 2. The summed E-state index contributed by atoms with van der Waals surface area (Å²) in [6.07, 6.45) is 0.248. The first-order valence-electron chi connectivity index (χ1n) is 5.88. The van der Waals surface area contributed by atoms with Gasteiger partial charge >= 0.3 is 0 Å². The zero-order chi connectivity index (χ0) is 14.2. The third-order valence-corrected chi connectivity index (χ3v) is 4.63. The number of Topliss-reactive ketones (excluding diaryl/α,β-unsaturated/α-hetero) is 1. The molecular weight excluding hydrogens is 328 g/mol. The van der Waals surface area contributed by atoms with E-state index in [9.17, 15) is 4.79 Å². The molecule has 1 aromatic carbocycles. The van der Waals surface area contributed by atoms with Crippen LogP contribution in [-0.2, 0) is 13.5 Å². The van der Waals surface area contributed by atoms with E-state index in [4.69, 9.17) is 11.6 Å². The Labute approximate surface area is 125 Å². The van der Waals surface area contributed by atoms with Crippen molar-refractivity contribution in [1.82, 2.24) is 9.78 Å². The molecule has 0 aliphatic carbocycles. The van der Waals surface area contributed by atoms with Gasteiger partial charge < -0.3 is 0 Å². The van der Waals surface area contributed by atoms with E-state index in [-0.39, 0.29) is 12.2 Å². The fourth-order valence-corrected chi connectivity index (χ4v) is 2.69. The van der Waals surface area contributed by atoms with Crippen LogP contribution in [-0.4, -0.2) is 15.6 Å². The number of aryl methyl sites for hydroxylation is 3. The van der Waals surface area contributed by atoms with Crippen molar-refractivity contribution in [2.75, 3.05) is 0 Å². The van der Waals surface area contributed by atoms with Crippen LogP contribution >= 0.6 is 27.5 Å². The standard InChI is InChI=1S/C14H14BrClN2O/c1-8-5-4-6-10(13(8)15)12(19)7-11-14(16)9(2)17-18(11)3/h4-6H,7H2,1-3H3. The highest BCUT2D eigenvalue weighted by molar-refractivity contribution is 9.10. The number of rotatable bonds is 3. The first-order chi connectivity index (χ1) is 8.91. The van der Waals surface area contributed by atoms with E-state index in [1.807, 2.05) is 32.0 Å². The summed E-state index contributed by atoms with van der Waals surface area (Å²) in [6.45, 7) is 3.79. The molecule has 2 aromatic rings. The maximum absolute atomic E-state index is 12.4. The van der Waals surface area contributed by atoms with Gasteiger partial charge in [0, 0.05) is 17.1 Å². The minimum atomic E-state index is 0.0282. The molecule has 2 rings (SSSR count). The molecule has 0 spiro atoms. The van der Waals surface area contributed by atoms with E-state index in [2.05, 4.69) is 21.0 Å². The third-order valence-electron chi connectivity index (χ3n) is 3.08. The van der Waals surface area contributed by atoms with Crippen LogP contribution in [0.15, 0.2) is 22.7 Å². The molecule has 19 heavy (non-hydrogen) atoms. The molecule has 0 saturated carbocycles. The molecule has 0 aliphatic heterocycles. The fourth-order valence-electron chi connectivity index (χ4n) is 1.98. The van der Waals surface area contributed by atoms with Gasteiger partial charge in [0.1, 0.15) is 0 Å². The molecule has 0 fully saturated rings. The molecule has 1 aromatic heterocycles. The van der Waals surface area contributed by atoms with E-state index >= 15 is 0 Å². The summed E-state index contributed by atoms with van der Waals surface area (Å²) >= 11 is 9.63. The van der Waals surface area contributed by atoms with Crippen molar-refractivity contribution in [2.24, 2.45) is 7.05 Å². The molecule has 1 heterocycles. The molecule has 100 valence electrons. The molecular formula is C14H14BrClN2O. The topological polar surface area (TPSA) is 34.9 Å². The van der Waals surface area contributed by atoms with E-state index in [1.165, 1.54) is 0 Å². The second-order valence-corrected chi connectivity index (χ2v) is 5.68. The second-order valence-electron chi connectivity index (χ2n) is 4.51. The lowest BCUT2D eigenvalue weighted by molar-refractivity contribution is 0.0990. The SMILES string of the molecule is Cc1cccc(C(=O)Cc2c(Cl)c(C)nn2C)c1Br. The number of benzene rings is 1. The van der Waals surface area contributed by atoms with Gasteiger partial charge in [0.15, 0.2) is 5.78 Å². The predicted molar refractivity (Wildman–Crippen MR) is 79.9 cm³/mol. The number of hydrogen-bond acceptors (Lipinski definition) is 2. The molecule has 0 aliphatic rings. The molecule has 0 atom stereocenters. The first-order valence-corrected chi connectivity index (χ1v) is 7.05. The van der Waals surface area contributed by atoms with Crippen LogP contribution in [0.1, 0.15) is 27.3 Å². The Balaban J connectivity index is 2.34. The van der Waals surface area contributed by atoms with Gasteiger partial charge in [-0.1, -0.05) is 29.8 Å². The largest absolute Gasteiger partial charge is 0.294 e. The average molecular weight is 342 g/mol. The molecule has 0 saturated heterocycles. The van der Waals surface area contributed by atoms with E-state index < -0.39 is 0 Å². The van der Waals surface area contributed by atoms with Gasteiger partial charge in [-0.25, -0.2) is 0 Å². The summed E-state index contributed by atoms with van der Waals surface area (Å²) in [7, 11) is 1.80. The zero-order valence-electron chi connectivity index (χ0n) is 11.0. The predicted octanol–water partition coefficient (Wildman–Crippen LogP) is 3.88. The molecule has 0 bridgehead atoms. The van der Waals surface area contributed by atoms with Crippen LogP contribution in [0.2, 0.25) is 5.02 Å². The quantitative estimate of drug-likeness (QED) is 0.794. The highest BCUT2D eigenvalue weighted by Gasteiger charge is 2.18. The average Bonchev–Trinajstić information content (AvgIpc) is 2.59. The Kier molecular flexibility index (Phi) is 4.11. The molecule has 3 nitrogen and oxygen atoms in total. The van der Waals surface area contributed by atoms with Crippen molar-refractivity contribution in [1.29, 1.82) is 0 Å². The van der Waals surface area contributed by atoms with Gasteiger partial charge in [0.05, 0.1) is 22.8 Å². The monoisotopic (exact) mass is 340 g/mol. The van der Waals surface area contributed by atoms with Crippen LogP contribution in [0.5, 0.6) is 0 Å². The number of halogens is 2. The smallest absolute Gasteiger partial charge is 0.169 e. The molecule has 0 N–H and O–H groups in total. The first kappa shape index (κ1) is 14.3. The fraction of sp³-hybridized carbons (Fsp3) is 0.286. The lowest BCUT2D eigenvalue weighted by Crippen LogP contribution is -2.09. The van der Waals surface area contributed by atoms with Crippen molar-refractivity contribution in [3.63, 3.8) is 0 Å². The normalized spacial score (nSPS) is 10.8. The summed E-state index contributed by atoms with van der Waals surface area (Å²) < 4.78 is 2.51. The highest BCUT2D eigenvalue weighted by Crippen LogP contribution is 2.25.